The van der Waals surface area contributed by atoms with Gasteiger partial charge in [-0.1, -0.05) is 6.92 Å². The van der Waals surface area contributed by atoms with Gasteiger partial charge in [-0.3, -0.25) is 4.79 Å². The van der Waals surface area contributed by atoms with Crippen LogP contribution < -0.4 is 10.5 Å². The fourth-order valence-electron chi connectivity index (χ4n) is 0.693. The molecule has 5 heteroatoms. The van der Waals surface area contributed by atoms with Crippen molar-refractivity contribution in [3.05, 3.63) is 10.9 Å². The van der Waals surface area contributed by atoms with Crippen LogP contribution in [-0.2, 0) is 0 Å². The van der Waals surface area contributed by atoms with E-state index in [0.717, 1.165) is 6.42 Å². The van der Waals surface area contributed by atoms with E-state index < -0.39 is 5.91 Å². The highest BCUT2D eigenvalue weighted by molar-refractivity contribution is 7.04. The van der Waals surface area contributed by atoms with Gasteiger partial charge in [-0.2, -0.15) is 4.37 Å². The minimum Gasteiger partial charge on any atom is -0.477 e. The van der Waals surface area contributed by atoms with Gasteiger partial charge in [-0.15, -0.1) is 0 Å². The number of hydrogen-bond acceptors (Lipinski definition) is 4. The van der Waals surface area contributed by atoms with Crippen molar-refractivity contribution in [1.29, 1.82) is 0 Å². The van der Waals surface area contributed by atoms with Crippen LogP contribution in [0.5, 0.6) is 5.88 Å². The van der Waals surface area contributed by atoms with E-state index in [1.807, 2.05) is 6.92 Å². The second-order valence-electron chi connectivity index (χ2n) is 2.25. The van der Waals surface area contributed by atoms with Gasteiger partial charge in [0.25, 0.3) is 5.91 Å². The molecule has 1 aromatic rings. The average molecular weight is 186 g/mol. The van der Waals surface area contributed by atoms with E-state index in [4.69, 9.17) is 10.5 Å². The van der Waals surface area contributed by atoms with Crippen LogP contribution in [0.3, 0.4) is 0 Å². The predicted octanol–water partition coefficient (Wildman–Crippen LogP) is 1.03. The fraction of sp³-hybridized carbons (Fsp3) is 0.429. The Morgan fingerprint density at radius 1 is 1.83 bits per heavy atom. The number of rotatable bonds is 4. The van der Waals surface area contributed by atoms with E-state index in [9.17, 15) is 4.79 Å². The molecule has 0 bridgehead atoms. The lowest BCUT2D eigenvalue weighted by Crippen LogP contribution is -2.12. The van der Waals surface area contributed by atoms with Gasteiger partial charge in [-0.05, 0) is 18.0 Å². The molecule has 0 saturated carbocycles. The van der Waals surface area contributed by atoms with Crippen LogP contribution in [0, 0.1) is 0 Å². The van der Waals surface area contributed by atoms with Crippen molar-refractivity contribution in [2.75, 3.05) is 6.61 Å². The van der Waals surface area contributed by atoms with Gasteiger partial charge < -0.3 is 10.5 Å². The molecule has 12 heavy (non-hydrogen) atoms. The number of nitrogens with zero attached hydrogens (tertiary/aromatic N) is 1. The summed E-state index contributed by atoms with van der Waals surface area (Å²) in [6.45, 7) is 2.54. The minimum absolute atomic E-state index is 0.356. The summed E-state index contributed by atoms with van der Waals surface area (Å²) in [4.78, 5) is 10.8. The Bertz CT molecular complexity index is 272. The Hall–Kier alpha value is -1.10. The molecule has 1 amide bonds. The smallest absolute Gasteiger partial charge is 0.255 e. The highest BCUT2D eigenvalue weighted by Gasteiger charge is 2.11. The number of hydrogen-bond donors (Lipinski definition) is 1. The first-order chi connectivity index (χ1) is 5.75. The third kappa shape index (κ3) is 1.94. The van der Waals surface area contributed by atoms with Gasteiger partial charge >= 0.3 is 0 Å². The summed E-state index contributed by atoms with van der Waals surface area (Å²) >= 11 is 1.17. The quantitative estimate of drug-likeness (QED) is 0.763. The molecule has 0 aromatic carbocycles. The molecule has 1 rings (SSSR count). The van der Waals surface area contributed by atoms with Crippen molar-refractivity contribution in [3.8, 4) is 5.88 Å². The lowest BCUT2D eigenvalue weighted by atomic mass is 10.3. The van der Waals surface area contributed by atoms with Crippen LogP contribution in [0.4, 0.5) is 0 Å². The molecule has 66 valence electrons. The monoisotopic (exact) mass is 186 g/mol. The molecule has 1 heterocycles. The van der Waals surface area contributed by atoms with Crippen molar-refractivity contribution >= 4 is 17.4 Å². The summed E-state index contributed by atoms with van der Waals surface area (Å²) in [7, 11) is 0. The van der Waals surface area contributed by atoms with Gasteiger partial charge in [0, 0.05) is 5.38 Å². The van der Waals surface area contributed by atoms with Crippen LogP contribution in [0.1, 0.15) is 23.7 Å². The Labute approximate surface area is 74.5 Å². The zero-order valence-corrected chi connectivity index (χ0v) is 7.56. The van der Waals surface area contributed by atoms with Crippen molar-refractivity contribution in [1.82, 2.24) is 4.37 Å². The van der Waals surface area contributed by atoms with E-state index in [1.165, 1.54) is 11.5 Å². The zero-order valence-electron chi connectivity index (χ0n) is 6.74. The van der Waals surface area contributed by atoms with Crippen LogP contribution in [0.15, 0.2) is 5.38 Å². The Balaban J connectivity index is 2.70. The van der Waals surface area contributed by atoms with Crippen LogP contribution in [0.25, 0.3) is 0 Å². The maximum absolute atomic E-state index is 10.8. The first-order valence-corrected chi connectivity index (χ1v) is 4.46. The second kappa shape index (κ2) is 4.06. The molecule has 0 radical (unpaired) electrons. The second-order valence-corrected chi connectivity index (χ2v) is 2.88. The van der Waals surface area contributed by atoms with Crippen molar-refractivity contribution in [2.45, 2.75) is 13.3 Å². The van der Waals surface area contributed by atoms with E-state index in [0.29, 0.717) is 18.1 Å². The van der Waals surface area contributed by atoms with Crippen molar-refractivity contribution in [3.63, 3.8) is 0 Å². The number of nitrogens with two attached hydrogens (primary N) is 1. The predicted molar refractivity (Wildman–Crippen MR) is 46.4 cm³/mol. The molecule has 0 fully saturated rings. The topological polar surface area (TPSA) is 65.2 Å². The third-order valence-corrected chi connectivity index (χ3v) is 1.86. The molecule has 0 aliphatic carbocycles. The molecular formula is C7H10N2O2S. The lowest BCUT2D eigenvalue weighted by molar-refractivity contribution is 0.0996. The maximum Gasteiger partial charge on any atom is 0.255 e. The zero-order chi connectivity index (χ0) is 8.97. The Morgan fingerprint density at radius 2 is 2.58 bits per heavy atom. The molecule has 0 saturated heterocycles. The highest BCUT2D eigenvalue weighted by Crippen LogP contribution is 2.17. The SMILES string of the molecule is CCCOc1nscc1C(N)=O. The minimum atomic E-state index is -0.491. The number of carbonyl (C=O) groups excluding carboxylic acids is 1. The van der Waals surface area contributed by atoms with Crippen LogP contribution in [0.2, 0.25) is 0 Å². The lowest BCUT2D eigenvalue weighted by Gasteiger charge is -2.00. The van der Waals surface area contributed by atoms with Gasteiger partial charge in [0.05, 0.1) is 6.61 Å². The van der Waals surface area contributed by atoms with E-state index in [1.54, 1.807) is 5.38 Å². The summed E-state index contributed by atoms with van der Waals surface area (Å²) in [5.74, 6) is -0.135. The summed E-state index contributed by atoms with van der Waals surface area (Å²) in [5, 5.41) is 1.59. The van der Waals surface area contributed by atoms with Crippen LogP contribution in [-0.4, -0.2) is 16.9 Å². The number of carbonyl (C=O) groups is 1. The summed E-state index contributed by atoms with van der Waals surface area (Å²) < 4.78 is 9.08. The number of aromatic nitrogens is 1. The first-order valence-electron chi connectivity index (χ1n) is 3.62. The fourth-order valence-corrected chi connectivity index (χ4v) is 1.31. The average Bonchev–Trinajstić information content (AvgIpc) is 2.48. The highest BCUT2D eigenvalue weighted by atomic mass is 32.1. The van der Waals surface area contributed by atoms with E-state index in [-0.39, 0.29) is 0 Å². The molecule has 1 aromatic heterocycles. The van der Waals surface area contributed by atoms with Gasteiger partial charge in [0.2, 0.25) is 5.88 Å². The molecule has 0 spiro atoms. The molecule has 0 aliphatic rings. The molecule has 2 N–H and O–H groups in total. The number of ether oxygens (including phenoxy) is 1. The molecule has 0 atom stereocenters. The Morgan fingerprint density at radius 3 is 3.17 bits per heavy atom. The summed E-state index contributed by atoms with van der Waals surface area (Å²) in [5.41, 5.74) is 5.45. The van der Waals surface area contributed by atoms with E-state index in [2.05, 4.69) is 4.37 Å². The third-order valence-electron chi connectivity index (χ3n) is 1.24. The molecule has 0 unspecified atom stereocenters. The normalized spacial score (nSPS) is 9.75. The van der Waals surface area contributed by atoms with Crippen molar-refractivity contribution in [2.24, 2.45) is 5.73 Å². The molecular weight excluding hydrogens is 176 g/mol. The largest absolute Gasteiger partial charge is 0.477 e. The van der Waals surface area contributed by atoms with E-state index >= 15 is 0 Å². The van der Waals surface area contributed by atoms with Crippen LogP contribution >= 0.6 is 11.5 Å². The van der Waals surface area contributed by atoms with Gasteiger partial charge in [-0.25, -0.2) is 0 Å². The van der Waals surface area contributed by atoms with Gasteiger partial charge in [0.1, 0.15) is 5.56 Å². The van der Waals surface area contributed by atoms with Crippen molar-refractivity contribution < 1.29 is 9.53 Å². The summed E-state index contributed by atoms with van der Waals surface area (Å²) in [6.07, 6.45) is 0.885. The number of amides is 1. The Kier molecular flexibility index (Phi) is 3.04. The standard InChI is InChI=1S/C7H10N2O2S/c1-2-3-11-7-5(6(8)10)4-12-9-7/h4H,2-3H2,1H3,(H2,8,10). The molecule has 0 aliphatic heterocycles. The maximum atomic E-state index is 10.8. The summed E-state index contributed by atoms with van der Waals surface area (Å²) in [6, 6.07) is 0. The molecule has 4 nitrogen and oxygen atoms in total. The van der Waals surface area contributed by atoms with Gasteiger partial charge in [0.15, 0.2) is 0 Å². The first kappa shape index (κ1) is 8.99. The number of primary amides is 1.